The number of benzene rings is 1. The SMILES string of the molecule is CCC(C)(C)c1ccc2c(c1)N(CC(=O)NC1CC1)C(=O)CO2. The van der Waals surface area contributed by atoms with E-state index in [2.05, 4.69) is 26.1 Å². The average Bonchev–Trinajstić information content (AvgIpc) is 3.33. The summed E-state index contributed by atoms with van der Waals surface area (Å²) in [5.41, 5.74) is 1.85. The summed E-state index contributed by atoms with van der Waals surface area (Å²) >= 11 is 0. The van der Waals surface area contributed by atoms with Crippen molar-refractivity contribution in [1.29, 1.82) is 0 Å². The van der Waals surface area contributed by atoms with Crippen molar-refractivity contribution in [2.75, 3.05) is 18.1 Å². The van der Waals surface area contributed by atoms with Gasteiger partial charge in [0.1, 0.15) is 12.3 Å². The maximum Gasteiger partial charge on any atom is 0.265 e. The molecule has 0 saturated heterocycles. The standard InChI is InChI=1S/C18H24N2O3/c1-4-18(2,3)12-5-8-15-14(9-12)20(17(22)11-23-15)10-16(21)19-13-6-7-13/h5,8-9,13H,4,6-7,10-11H2,1-3H3,(H,19,21). The molecular formula is C18H24N2O3. The number of rotatable bonds is 5. The number of carbonyl (C=O) groups excluding carboxylic acids is 2. The van der Waals surface area contributed by atoms with Gasteiger partial charge in [-0.25, -0.2) is 0 Å². The predicted octanol–water partition coefficient (Wildman–Crippen LogP) is 2.38. The summed E-state index contributed by atoms with van der Waals surface area (Å²) in [6.07, 6.45) is 3.06. The Morgan fingerprint density at radius 1 is 1.39 bits per heavy atom. The summed E-state index contributed by atoms with van der Waals surface area (Å²) in [7, 11) is 0. The molecule has 1 N–H and O–H groups in total. The molecule has 0 spiro atoms. The quantitative estimate of drug-likeness (QED) is 0.907. The van der Waals surface area contributed by atoms with Gasteiger partial charge in [-0.1, -0.05) is 26.8 Å². The maximum absolute atomic E-state index is 12.2. The first-order chi connectivity index (χ1) is 10.9. The molecule has 0 atom stereocenters. The Labute approximate surface area is 137 Å². The lowest BCUT2D eigenvalue weighted by Crippen LogP contribution is -2.45. The highest BCUT2D eigenvalue weighted by atomic mass is 16.5. The first kappa shape index (κ1) is 15.8. The van der Waals surface area contributed by atoms with Crippen LogP contribution in [0.4, 0.5) is 5.69 Å². The molecule has 23 heavy (non-hydrogen) atoms. The molecule has 0 bridgehead atoms. The number of anilines is 1. The van der Waals surface area contributed by atoms with Gasteiger partial charge < -0.3 is 10.1 Å². The lowest BCUT2D eigenvalue weighted by atomic mass is 9.82. The van der Waals surface area contributed by atoms with Crippen molar-refractivity contribution < 1.29 is 14.3 Å². The van der Waals surface area contributed by atoms with Crippen molar-refractivity contribution in [3.8, 4) is 5.75 Å². The molecule has 2 aliphatic rings. The van der Waals surface area contributed by atoms with Gasteiger partial charge in [0.25, 0.3) is 5.91 Å². The average molecular weight is 316 g/mol. The summed E-state index contributed by atoms with van der Waals surface area (Å²) in [4.78, 5) is 25.9. The van der Waals surface area contributed by atoms with Gasteiger partial charge in [0.2, 0.25) is 5.91 Å². The second kappa shape index (κ2) is 5.87. The van der Waals surface area contributed by atoms with Crippen molar-refractivity contribution in [2.45, 2.75) is 51.5 Å². The zero-order valence-electron chi connectivity index (χ0n) is 14.0. The molecule has 0 unspecified atom stereocenters. The molecular weight excluding hydrogens is 292 g/mol. The second-order valence-corrected chi connectivity index (χ2v) is 7.03. The third kappa shape index (κ3) is 3.33. The van der Waals surface area contributed by atoms with E-state index in [4.69, 9.17) is 4.74 Å². The Bertz CT molecular complexity index is 635. The van der Waals surface area contributed by atoms with Crippen LogP contribution >= 0.6 is 0 Å². The Morgan fingerprint density at radius 2 is 2.13 bits per heavy atom. The van der Waals surface area contributed by atoms with Crippen LogP contribution in [0, 0.1) is 0 Å². The smallest absolute Gasteiger partial charge is 0.265 e. The Hall–Kier alpha value is -2.04. The summed E-state index contributed by atoms with van der Waals surface area (Å²) in [5, 5.41) is 2.93. The monoisotopic (exact) mass is 316 g/mol. The van der Waals surface area contributed by atoms with Crippen LogP contribution < -0.4 is 15.0 Å². The van der Waals surface area contributed by atoms with Gasteiger partial charge in [0, 0.05) is 6.04 Å². The number of nitrogens with zero attached hydrogens (tertiary/aromatic N) is 1. The van der Waals surface area contributed by atoms with Crippen molar-refractivity contribution in [3.05, 3.63) is 23.8 Å². The van der Waals surface area contributed by atoms with Crippen LogP contribution in [0.15, 0.2) is 18.2 Å². The van der Waals surface area contributed by atoms with Gasteiger partial charge in [-0.3, -0.25) is 14.5 Å². The molecule has 2 amide bonds. The number of hydrogen-bond acceptors (Lipinski definition) is 3. The number of ether oxygens (including phenoxy) is 1. The van der Waals surface area contributed by atoms with Crippen LogP contribution in [0.1, 0.15) is 45.6 Å². The van der Waals surface area contributed by atoms with Crippen LogP contribution in [0.2, 0.25) is 0 Å². The molecule has 1 saturated carbocycles. The minimum atomic E-state index is -0.171. The van der Waals surface area contributed by atoms with E-state index in [1.54, 1.807) is 4.90 Å². The Balaban J connectivity index is 1.87. The van der Waals surface area contributed by atoms with Gasteiger partial charge in [0.15, 0.2) is 6.61 Å². The maximum atomic E-state index is 12.2. The summed E-state index contributed by atoms with van der Waals surface area (Å²) in [5.74, 6) is 0.392. The van der Waals surface area contributed by atoms with Crippen molar-refractivity contribution >= 4 is 17.5 Å². The molecule has 1 aromatic carbocycles. The molecule has 1 fully saturated rings. The fourth-order valence-corrected chi connectivity index (χ4v) is 2.65. The topological polar surface area (TPSA) is 58.6 Å². The summed E-state index contributed by atoms with van der Waals surface area (Å²) < 4.78 is 5.52. The minimum absolute atomic E-state index is 0.0114. The van der Waals surface area contributed by atoms with Crippen LogP contribution in [0.3, 0.4) is 0 Å². The van der Waals surface area contributed by atoms with E-state index in [-0.39, 0.29) is 30.4 Å². The fourth-order valence-electron chi connectivity index (χ4n) is 2.65. The van der Waals surface area contributed by atoms with E-state index < -0.39 is 0 Å². The Morgan fingerprint density at radius 3 is 2.78 bits per heavy atom. The molecule has 1 aromatic rings. The normalized spacial score (nSPS) is 17.5. The van der Waals surface area contributed by atoms with E-state index in [0.717, 1.165) is 24.8 Å². The highest BCUT2D eigenvalue weighted by Gasteiger charge is 2.31. The van der Waals surface area contributed by atoms with Gasteiger partial charge in [-0.2, -0.15) is 0 Å². The molecule has 1 aliphatic heterocycles. The molecule has 5 heteroatoms. The summed E-state index contributed by atoms with van der Waals surface area (Å²) in [6, 6.07) is 6.23. The largest absolute Gasteiger partial charge is 0.482 e. The first-order valence-electron chi connectivity index (χ1n) is 8.28. The van der Waals surface area contributed by atoms with Crippen molar-refractivity contribution in [2.24, 2.45) is 0 Å². The molecule has 1 heterocycles. The van der Waals surface area contributed by atoms with Crippen LogP contribution in [-0.2, 0) is 15.0 Å². The van der Waals surface area contributed by atoms with Gasteiger partial charge >= 0.3 is 0 Å². The fraction of sp³-hybridized carbons (Fsp3) is 0.556. The highest BCUT2D eigenvalue weighted by Crippen LogP contribution is 2.37. The third-order valence-corrected chi connectivity index (χ3v) is 4.81. The number of nitrogens with one attached hydrogen (secondary N) is 1. The van der Waals surface area contributed by atoms with Gasteiger partial charge in [-0.05, 0) is 42.4 Å². The second-order valence-electron chi connectivity index (χ2n) is 7.03. The molecule has 3 rings (SSSR count). The van der Waals surface area contributed by atoms with Gasteiger partial charge in [-0.15, -0.1) is 0 Å². The lowest BCUT2D eigenvalue weighted by molar-refractivity contribution is -0.125. The number of hydrogen-bond donors (Lipinski definition) is 1. The van der Waals surface area contributed by atoms with E-state index >= 15 is 0 Å². The van der Waals surface area contributed by atoms with Crippen molar-refractivity contribution in [3.63, 3.8) is 0 Å². The number of amides is 2. The van der Waals surface area contributed by atoms with Crippen LogP contribution in [-0.4, -0.2) is 31.0 Å². The van der Waals surface area contributed by atoms with Crippen LogP contribution in [0.5, 0.6) is 5.75 Å². The zero-order valence-corrected chi connectivity index (χ0v) is 14.0. The zero-order chi connectivity index (χ0) is 16.6. The molecule has 1 aliphatic carbocycles. The van der Waals surface area contributed by atoms with E-state index in [1.165, 1.54) is 0 Å². The highest BCUT2D eigenvalue weighted by molar-refractivity contribution is 6.02. The number of fused-ring (bicyclic) bond motifs is 1. The molecule has 5 nitrogen and oxygen atoms in total. The van der Waals surface area contributed by atoms with Gasteiger partial charge in [0.05, 0.1) is 5.69 Å². The van der Waals surface area contributed by atoms with E-state index in [0.29, 0.717) is 17.5 Å². The van der Waals surface area contributed by atoms with Crippen molar-refractivity contribution in [1.82, 2.24) is 5.32 Å². The lowest BCUT2D eigenvalue weighted by Gasteiger charge is -2.31. The predicted molar refractivity (Wildman–Crippen MR) is 88.8 cm³/mol. The van der Waals surface area contributed by atoms with E-state index in [1.807, 2.05) is 18.2 Å². The third-order valence-electron chi connectivity index (χ3n) is 4.81. The molecule has 0 aromatic heterocycles. The number of carbonyl (C=O) groups is 2. The van der Waals surface area contributed by atoms with E-state index in [9.17, 15) is 9.59 Å². The molecule has 0 radical (unpaired) electrons. The minimum Gasteiger partial charge on any atom is -0.482 e. The van der Waals surface area contributed by atoms with Crippen LogP contribution in [0.25, 0.3) is 0 Å². The summed E-state index contributed by atoms with van der Waals surface area (Å²) in [6.45, 7) is 6.53. The molecule has 124 valence electrons. The first-order valence-corrected chi connectivity index (χ1v) is 8.28. The Kier molecular flexibility index (Phi) is 4.04.